The first-order valence-electron chi connectivity index (χ1n) is 31.6. The van der Waals surface area contributed by atoms with Gasteiger partial charge in [-0.1, -0.05) is 38.1 Å². The largest absolute Gasteiger partial charge is 0.447 e. The number of anilines is 2. The van der Waals surface area contributed by atoms with Gasteiger partial charge in [0.1, 0.15) is 67.8 Å². The lowest BCUT2D eigenvalue weighted by molar-refractivity contribution is -0.136. The Labute approximate surface area is 593 Å². The Balaban J connectivity index is 0.686. The number of aromatic nitrogens is 8. The second-order valence-corrected chi connectivity index (χ2v) is 29.9. The Morgan fingerprint density at radius 3 is 1.91 bits per heavy atom. The SMILES string of the molecule is CC(C)[C@H](NC(=O)CCOCCC(=O)Oc1c(F)c(F)c(F)c(F)c1F)C(=O)C[C@@H](CCCNC(N)=O)C(=O)Cc1ccc(COC(=O)N2C[C@@H](F)C[C@H]2COC(=O)Nc2ncnc3c2ncn3[C@@H]2O[C@@H]3COP(O)(=S)O[C@H]4[C@@H](F)[C@H](n5cnc6c(N)ncnc65)O[C@@H]4COP(O)(=S)O[C@H]3[C@H]2F)cc1. The van der Waals surface area contributed by atoms with Crippen molar-refractivity contribution in [1.29, 1.82) is 0 Å². The number of fused-ring (bicyclic) bond motifs is 4. The van der Waals surface area contributed by atoms with E-state index in [1.807, 2.05) is 0 Å². The molecule has 104 heavy (non-hydrogen) atoms. The van der Waals surface area contributed by atoms with Gasteiger partial charge < -0.3 is 69.4 Å². The Hall–Kier alpha value is -8.19. The fraction of sp³-hybridized carbons (Fsp3) is 0.508. The van der Waals surface area contributed by atoms with E-state index in [2.05, 4.69) is 50.6 Å². The molecular weight excluding hydrogens is 1490 g/mol. The van der Waals surface area contributed by atoms with E-state index >= 15 is 8.78 Å². The highest BCUT2D eigenvalue weighted by molar-refractivity contribution is 8.07. The van der Waals surface area contributed by atoms with Crippen molar-refractivity contribution in [2.45, 2.75) is 133 Å². The first kappa shape index (κ1) is 78.4. The molecule has 10 rings (SSSR count). The lowest BCUT2D eigenvalue weighted by Crippen LogP contribution is -2.45. The number of halogens is 8. The summed E-state index contributed by atoms with van der Waals surface area (Å²) >= 11 is 10.5. The number of hydrogen-bond acceptors (Lipinski definition) is 26. The second kappa shape index (κ2) is 33.9. The molecule has 4 aromatic heterocycles. The normalized spacial score (nSPS) is 25.5. The maximum Gasteiger partial charge on any atom is 0.412 e. The summed E-state index contributed by atoms with van der Waals surface area (Å²) in [6.45, 7) is -9.22. The van der Waals surface area contributed by atoms with Crippen LogP contribution in [0.2, 0.25) is 0 Å². The van der Waals surface area contributed by atoms with Gasteiger partial charge >= 0.3 is 37.6 Å². The molecule has 6 aromatic rings. The standard InChI is InChI=1S/C59H66F8N14O19P2S2/c1-26(2)45(77-36(84)9-12-91-13-10-37(85)98-50-41(64)39(62)38(61)40(63)42(50)65)33(83)15-29(4-3-11-70-57(69)86)32(82)14-27-5-7-28(8-6-27)18-93-59(88)79-17-30(60)16-31(79)19-92-58(87)78-52-47-54(74-23-72-52)81(25-76-47)56-44(67)49-35(97-56)21-95-101(89,103)99-48-34(20-94-102(90,104)100-49)96-55(43(48)66)80-24-75-46-51(68)71-22-73-53(46)80/h5-8,22-26,29-31,34-35,43-45,48-49,55-56H,3-4,9-21H2,1-2H3,(H,77,84)(H,89,103)(H,90,104)(H2,68,71,73)(H3,69,70,86)(H,72,74,78,87)/t29-,30+,31+,34-,35-,43-,44-,45+,48-,49-,55-,56-,101?,102?/m1/s1. The molecule has 0 bridgehead atoms. The highest BCUT2D eigenvalue weighted by atomic mass is 32.5. The number of likely N-dealkylation sites (tertiary alicyclic amines) is 1. The molecule has 0 radical (unpaired) electrons. The zero-order chi connectivity index (χ0) is 75.1. The molecule has 4 fully saturated rings. The van der Waals surface area contributed by atoms with Crippen molar-refractivity contribution >= 4 is 113 Å². The number of nitrogens with two attached hydrogens (primary N) is 2. The van der Waals surface area contributed by atoms with Gasteiger partial charge in [-0.3, -0.25) is 47.6 Å². The van der Waals surface area contributed by atoms with Crippen LogP contribution in [-0.4, -0.2) is 197 Å². The van der Waals surface area contributed by atoms with E-state index < -0.39 is 203 Å². The predicted octanol–water partition coefficient (Wildman–Crippen LogP) is 5.64. The van der Waals surface area contributed by atoms with Crippen molar-refractivity contribution in [3.8, 4) is 5.75 Å². The molecule has 8 heterocycles. The van der Waals surface area contributed by atoms with Crippen molar-refractivity contribution < 1.29 is 125 Å². The van der Waals surface area contributed by atoms with Gasteiger partial charge in [-0.2, -0.15) is 8.78 Å². The molecular formula is C59H66F8N14O19P2S2. The Morgan fingerprint density at radius 1 is 0.740 bits per heavy atom. The molecule has 4 aliphatic rings. The first-order chi connectivity index (χ1) is 49.4. The zero-order valence-electron chi connectivity index (χ0n) is 54.5. The smallest absolute Gasteiger partial charge is 0.412 e. The molecule has 45 heteroatoms. The summed E-state index contributed by atoms with van der Waals surface area (Å²) in [7, 11) is 0. The summed E-state index contributed by atoms with van der Waals surface area (Å²) in [6.07, 6.45) is -14.9. The van der Waals surface area contributed by atoms with Gasteiger partial charge in [0.15, 0.2) is 59.0 Å². The van der Waals surface area contributed by atoms with Crippen molar-refractivity contribution in [2.75, 3.05) is 57.2 Å². The molecule has 2 unspecified atom stereocenters. The molecule has 0 saturated carbocycles. The molecule has 9 N–H and O–H groups in total. The number of hydrogen-bond donors (Lipinski definition) is 7. The number of nitrogen functional groups attached to an aromatic ring is 1. The third-order valence-electron chi connectivity index (χ3n) is 16.7. The maximum absolute atomic E-state index is 16.8. The van der Waals surface area contributed by atoms with Crippen molar-refractivity contribution in [2.24, 2.45) is 17.6 Å². The van der Waals surface area contributed by atoms with Crippen LogP contribution in [0, 0.1) is 40.9 Å². The van der Waals surface area contributed by atoms with E-state index in [0.717, 1.165) is 28.4 Å². The molecule has 14 atom stereocenters. The minimum absolute atomic E-state index is 0.00492. The number of carbonyl (C=O) groups is 7. The summed E-state index contributed by atoms with van der Waals surface area (Å²) in [5, 5.41) is 7.41. The van der Waals surface area contributed by atoms with Crippen molar-refractivity contribution in [3.63, 3.8) is 0 Å². The van der Waals surface area contributed by atoms with Crippen LogP contribution in [0.1, 0.15) is 76.0 Å². The van der Waals surface area contributed by atoms with E-state index in [9.17, 15) is 69.7 Å². The van der Waals surface area contributed by atoms with E-state index in [0.29, 0.717) is 11.1 Å². The van der Waals surface area contributed by atoms with Gasteiger partial charge in [0, 0.05) is 38.1 Å². The van der Waals surface area contributed by atoms with Gasteiger partial charge in [0.25, 0.3) is 0 Å². The molecule has 0 aliphatic carbocycles. The first-order valence-corrected chi connectivity index (χ1v) is 36.8. The Kier molecular flexibility index (Phi) is 25.6. The molecule has 2 aromatic carbocycles. The second-order valence-electron chi connectivity index (χ2n) is 24.3. The summed E-state index contributed by atoms with van der Waals surface area (Å²) in [5.74, 6) is -18.3. The number of benzene rings is 2. The Bertz CT molecular complexity index is 4270. The number of nitrogens with zero attached hydrogens (tertiary/aromatic N) is 9. The topological polar surface area (TPSA) is 431 Å². The number of nitrogens with one attached hydrogen (secondary N) is 3. The average Bonchev–Trinajstić information content (AvgIpc) is 1.26. The third-order valence-corrected chi connectivity index (χ3v) is 19.8. The van der Waals surface area contributed by atoms with E-state index in [1.165, 1.54) is 10.9 Å². The van der Waals surface area contributed by atoms with Gasteiger partial charge in [-0.25, -0.2) is 70.6 Å². The van der Waals surface area contributed by atoms with Crippen molar-refractivity contribution in [3.05, 3.63) is 89.8 Å². The summed E-state index contributed by atoms with van der Waals surface area (Å²) in [4.78, 5) is 139. The van der Waals surface area contributed by atoms with Crippen LogP contribution in [0.5, 0.6) is 5.75 Å². The van der Waals surface area contributed by atoms with E-state index in [4.69, 9.17) is 76.9 Å². The van der Waals surface area contributed by atoms with Crippen LogP contribution in [0.25, 0.3) is 22.3 Å². The van der Waals surface area contributed by atoms with Crippen LogP contribution >= 0.6 is 13.4 Å². The van der Waals surface area contributed by atoms with Crippen LogP contribution in [-0.2, 0) is 97.6 Å². The fourth-order valence-corrected chi connectivity index (χ4v) is 14.4. The number of rotatable bonds is 26. The highest BCUT2D eigenvalue weighted by Crippen LogP contribution is 2.55. The van der Waals surface area contributed by atoms with Crippen LogP contribution in [0.4, 0.5) is 61.1 Å². The molecule has 4 saturated heterocycles. The lowest BCUT2D eigenvalue weighted by atomic mass is 9.85. The third kappa shape index (κ3) is 18.9. The number of primary amides is 1. The summed E-state index contributed by atoms with van der Waals surface area (Å²) < 4.78 is 173. The minimum Gasteiger partial charge on any atom is -0.447 e. The molecule has 0 spiro atoms. The number of carbonyl (C=O) groups excluding carboxylic acids is 7. The van der Waals surface area contributed by atoms with E-state index in [1.54, 1.807) is 38.1 Å². The lowest BCUT2D eigenvalue weighted by Gasteiger charge is -2.29. The quantitative estimate of drug-likeness (QED) is 0.00656. The summed E-state index contributed by atoms with van der Waals surface area (Å²) in [5.41, 5.74) is 12.0. The highest BCUT2D eigenvalue weighted by Gasteiger charge is 2.54. The van der Waals surface area contributed by atoms with E-state index in [-0.39, 0.29) is 98.0 Å². The monoisotopic (exact) mass is 1550 g/mol. The number of ether oxygens (including phenoxy) is 6. The Morgan fingerprint density at radius 2 is 1.31 bits per heavy atom. The van der Waals surface area contributed by atoms with Crippen molar-refractivity contribution in [1.82, 2.24) is 54.6 Å². The molecule has 4 aliphatic heterocycles. The molecule has 564 valence electrons. The number of imidazole rings is 2. The van der Waals surface area contributed by atoms with Crippen LogP contribution < -0.4 is 32.2 Å². The summed E-state index contributed by atoms with van der Waals surface area (Å²) in [6, 6.07) is 3.33. The average molecular weight is 1550 g/mol. The van der Waals surface area contributed by atoms with Gasteiger partial charge in [0.05, 0.1) is 64.1 Å². The van der Waals surface area contributed by atoms with Gasteiger partial charge in [0.2, 0.25) is 40.7 Å². The maximum atomic E-state index is 16.8. The number of Topliss-reactive ketones (excluding diaryl/α,β-unsaturated/α-hetero) is 2. The predicted molar refractivity (Wildman–Crippen MR) is 346 cm³/mol. The number of ketones is 2. The molecule has 33 nitrogen and oxygen atoms in total. The zero-order valence-corrected chi connectivity index (χ0v) is 57.9. The van der Waals surface area contributed by atoms with Crippen LogP contribution in [0.15, 0.2) is 49.6 Å². The van der Waals surface area contributed by atoms with Gasteiger partial charge in [-0.15, -0.1) is 0 Å². The molecule has 5 amide bonds. The number of amides is 5. The number of alkyl halides is 3. The minimum atomic E-state index is -4.48. The fourth-order valence-electron chi connectivity index (χ4n) is 11.6. The van der Waals surface area contributed by atoms with Crippen LogP contribution in [0.3, 0.4) is 0 Å². The number of esters is 1. The number of urea groups is 1. The van der Waals surface area contributed by atoms with Gasteiger partial charge in [-0.05, 0) is 53.5 Å².